The third-order valence-electron chi connectivity index (χ3n) is 8.05. The Morgan fingerprint density at radius 1 is 1.00 bits per heavy atom. The van der Waals surface area contributed by atoms with Crippen LogP contribution in [0.25, 0.3) is 23.0 Å². The highest BCUT2D eigenvalue weighted by atomic mass is 32.2. The summed E-state index contributed by atoms with van der Waals surface area (Å²) in [5.41, 5.74) is 2.89. The second-order valence-electron chi connectivity index (χ2n) is 10.8. The number of nitrogens with zero attached hydrogens (tertiary/aromatic N) is 4. The van der Waals surface area contributed by atoms with Crippen LogP contribution in [0.2, 0.25) is 0 Å². The average molecular weight is 593 g/mol. The summed E-state index contributed by atoms with van der Waals surface area (Å²) in [6.07, 6.45) is 9.66. The van der Waals surface area contributed by atoms with Crippen molar-refractivity contribution in [3.8, 4) is 16.9 Å². The van der Waals surface area contributed by atoms with Gasteiger partial charge < -0.3 is 0 Å². The molecule has 10 heteroatoms. The minimum atomic E-state index is -3.63. The third kappa shape index (κ3) is 5.30. The summed E-state index contributed by atoms with van der Waals surface area (Å²) in [7, 11) is -3.63. The molecule has 0 atom stereocenters. The summed E-state index contributed by atoms with van der Waals surface area (Å²) in [6, 6.07) is 16.9. The van der Waals surface area contributed by atoms with Crippen LogP contribution >= 0.6 is 24.0 Å². The van der Waals surface area contributed by atoms with Crippen molar-refractivity contribution in [1.82, 2.24) is 19.0 Å². The molecule has 7 nitrogen and oxygen atoms in total. The number of aromatic nitrogens is 2. The van der Waals surface area contributed by atoms with Gasteiger partial charge in [0.15, 0.2) is 0 Å². The molecule has 3 aromatic rings. The predicted octanol–water partition coefficient (Wildman–Crippen LogP) is 6.10. The number of piperidine rings is 1. The Bertz CT molecular complexity index is 1570. The topological polar surface area (TPSA) is 75.5 Å². The first-order valence-electron chi connectivity index (χ1n) is 13.8. The molecule has 0 unspecified atom stereocenters. The van der Waals surface area contributed by atoms with Gasteiger partial charge in [0, 0.05) is 36.5 Å². The maximum absolute atomic E-state index is 13.5. The molecule has 2 aliphatic heterocycles. The van der Waals surface area contributed by atoms with E-state index in [2.05, 4.69) is 6.92 Å². The number of benzene rings is 2. The summed E-state index contributed by atoms with van der Waals surface area (Å²) >= 11 is 6.95. The van der Waals surface area contributed by atoms with E-state index < -0.39 is 10.0 Å². The zero-order valence-corrected chi connectivity index (χ0v) is 24.9. The standard InChI is InChI=1S/C30H32N4O3S3/c1-21-14-16-32(17-15-21)40(36,37)26-13-7-8-22(18-26)28-23(20-33(31-28)24-9-3-2-4-10-24)19-27-29(35)34(30(38)39-27)25-11-5-6-12-25/h2-4,7-10,13,18-21,25H,5-6,11-12,14-17H2,1H3. The quantitative estimate of drug-likeness (QED) is 0.254. The fraction of sp³-hybridized carbons (Fsp3) is 0.367. The zero-order chi connectivity index (χ0) is 27.9. The Balaban J connectivity index is 1.39. The van der Waals surface area contributed by atoms with Crippen LogP contribution in [0.15, 0.2) is 70.6 Å². The first-order valence-corrected chi connectivity index (χ1v) is 16.5. The van der Waals surface area contributed by atoms with E-state index in [1.807, 2.05) is 48.7 Å². The van der Waals surface area contributed by atoms with Crippen LogP contribution in [0.1, 0.15) is 51.0 Å². The van der Waals surface area contributed by atoms with Crippen molar-refractivity contribution in [2.75, 3.05) is 13.1 Å². The van der Waals surface area contributed by atoms with E-state index in [0.717, 1.165) is 49.8 Å². The van der Waals surface area contributed by atoms with Crippen molar-refractivity contribution in [3.05, 3.63) is 71.3 Å². The first kappa shape index (κ1) is 27.4. The second kappa shape index (κ2) is 11.2. The molecule has 2 saturated heterocycles. The highest BCUT2D eigenvalue weighted by molar-refractivity contribution is 8.26. The molecule has 0 N–H and O–H groups in total. The molecule has 6 rings (SSSR count). The highest BCUT2D eigenvalue weighted by Crippen LogP contribution is 2.39. The van der Waals surface area contributed by atoms with Crippen LogP contribution in [-0.4, -0.2) is 56.8 Å². The molecule has 1 saturated carbocycles. The molecule has 3 aliphatic rings. The zero-order valence-electron chi connectivity index (χ0n) is 22.4. The molecule has 1 aliphatic carbocycles. The van der Waals surface area contributed by atoms with Gasteiger partial charge in [-0.05, 0) is 61.9 Å². The molecule has 0 spiro atoms. The lowest BCUT2D eigenvalue weighted by Crippen LogP contribution is -2.37. The fourth-order valence-corrected chi connectivity index (χ4v) is 8.61. The number of para-hydroxylation sites is 1. The summed E-state index contributed by atoms with van der Waals surface area (Å²) < 4.78 is 31.0. The van der Waals surface area contributed by atoms with E-state index in [-0.39, 0.29) is 16.8 Å². The van der Waals surface area contributed by atoms with Gasteiger partial charge in [0.05, 0.1) is 15.5 Å². The minimum Gasteiger partial charge on any atom is -0.290 e. The molecule has 3 fully saturated rings. The molecule has 208 valence electrons. The van der Waals surface area contributed by atoms with Crippen LogP contribution in [-0.2, 0) is 14.8 Å². The molecule has 40 heavy (non-hydrogen) atoms. The minimum absolute atomic E-state index is 0.0593. The van der Waals surface area contributed by atoms with Crippen molar-refractivity contribution in [3.63, 3.8) is 0 Å². The third-order valence-corrected chi connectivity index (χ3v) is 11.3. The molecular weight excluding hydrogens is 561 g/mol. The van der Waals surface area contributed by atoms with Crippen molar-refractivity contribution in [2.24, 2.45) is 5.92 Å². The summed E-state index contributed by atoms with van der Waals surface area (Å²) in [5.74, 6) is 0.472. The predicted molar refractivity (Wildman–Crippen MR) is 163 cm³/mol. The Kier molecular flexibility index (Phi) is 7.69. The maximum Gasteiger partial charge on any atom is 0.266 e. The smallest absolute Gasteiger partial charge is 0.266 e. The molecule has 0 bridgehead atoms. The van der Waals surface area contributed by atoms with Gasteiger partial charge in [-0.15, -0.1) is 0 Å². The van der Waals surface area contributed by atoms with E-state index in [1.54, 1.807) is 32.1 Å². The molecule has 2 aromatic carbocycles. The number of hydrogen-bond acceptors (Lipinski definition) is 6. The van der Waals surface area contributed by atoms with Crippen LogP contribution in [0, 0.1) is 5.92 Å². The van der Waals surface area contributed by atoms with Crippen LogP contribution in [0.5, 0.6) is 0 Å². The number of carbonyl (C=O) groups is 1. The van der Waals surface area contributed by atoms with Crippen molar-refractivity contribution < 1.29 is 13.2 Å². The van der Waals surface area contributed by atoms with E-state index in [0.29, 0.717) is 39.5 Å². The lowest BCUT2D eigenvalue weighted by molar-refractivity contribution is -0.123. The number of thioether (sulfide) groups is 1. The van der Waals surface area contributed by atoms with E-state index in [9.17, 15) is 13.2 Å². The van der Waals surface area contributed by atoms with Gasteiger partial charge in [0.1, 0.15) is 10.0 Å². The number of rotatable bonds is 6. The van der Waals surface area contributed by atoms with Crippen LogP contribution in [0.3, 0.4) is 0 Å². The Morgan fingerprint density at radius 2 is 1.73 bits per heavy atom. The number of carbonyl (C=O) groups excluding carboxylic acids is 1. The van der Waals surface area contributed by atoms with Gasteiger partial charge in [-0.3, -0.25) is 9.69 Å². The van der Waals surface area contributed by atoms with E-state index in [1.165, 1.54) is 11.8 Å². The van der Waals surface area contributed by atoms with Crippen molar-refractivity contribution >= 4 is 50.3 Å². The SMILES string of the molecule is CC1CCN(S(=O)(=O)c2cccc(-c3nn(-c4ccccc4)cc3C=C3SC(=S)N(C4CCCC4)C3=O)c2)CC1. The summed E-state index contributed by atoms with van der Waals surface area (Å²) in [4.78, 5) is 16.1. The number of amides is 1. The maximum atomic E-state index is 13.5. The molecule has 1 aromatic heterocycles. The normalized spacial score (nSPS) is 20.7. The van der Waals surface area contributed by atoms with Crippen LogP contribution < -0.4 is 0 Å². The van der Waals surface area contributed by atoms with Gasteiger partial charge in [-0.1, -0.05) is 74.1 Å². The van der Waals surface area contributed by atoms with Crippen LogP contribution in [0.4, 0.5) is 0 Å². The second-order valence-corrected chi connectivity index (χ2v) is 14.4. The van der Waals surface area contributed by atoms with Gasteiger partial charge in [0.25, 0.3) is 5.91 Å². The molecule has 3 heterocycles. The molecule has 0 radical (unpaired) electrons. The Hall–Kier alpha value is -2.79. The van der Waals surface area contributed by atoms with Gasteiger partial charge in [0.2, 0.25) is 10.0 Å². The number of sulfonamides is 1. The summed E-state index contributed by atoms with van der Waals surface area (Å²) in [5, 5.41) is 4.88. The Morgan fingerprint density at radius 3 is 2.45 bits per heavy atom. The lowest BCUT2D eigenvalue weighted by atomic mass is 10.0. The van der Waals surface area contributed by atoms with Gasteiger partial charge in [-0.25, -0.2) is 13.1 Å². The van der Waals surface area contributed by atoms with Gasteiger partial charge in [-0.2, -0.15) is 9.40 Å². The molecular formula is C30H32N4O3S3. The highest BCUT2D eigenvalue weighted by Gasteiger charge is 2.38. The monoisotopic (exact) mass is 592 g/mol. The molecule has 1 amide bonds. The van der Waals surface area contributed by atoms with E-state index >= 15 is 0 Å². The summed E-state index contributed by atoms with van der Waals surface area (Å²) in [6.45, 7) is 3.23. The fourth-order valence-electron chi connectivity index (χ4n) is 5.71. The Labute approximate surface area is 245 Å². The van der Waals surface area contributed by atoms with E-state index in [4.69, 9.17) is 17.3 Å². The van der Waals surface area contributed by atoms with Gasteiger partial charge >= 0.3 is 0 Å². The van der Waals surface area contributed by atoms with Crippen molar-refractivity contribution in [2.45, 2.75) is 56.4 Å². The first-order chi connectivity index (χ1) is 19.3. The number of hydrogen-bond donors (Lipinski definition) is 0. The number of thiocarbonyl (C=S) groups is 1. The van der Waals surface area contributed by atoms with Crippen molar-refractivity contribution in [1.29, 1.82) is 0 Å². The lowest BCUT2D eigenvalue weighted by Gasteiger charge is -2.29. The average Bonchev–Trinajstić information content (AvgIpc) is 3.70. The largest absolute Gasteiger partial charge is 0.290 e.